The summed E-state index contributed by atoms with van der Waals surface area (Å²) in [7, 11) is 0. The van der Waals surface area contributed by atoms with Gasteiger partial charge in [-0.3, -0.25) is 4.99 Å². The molecule has 0 aromatic rings. The lowest BCUT2D eigenvalue weighted by molar-refractivity contribution is -0.0407. The number of ether oxygens (including phenoxy) is 1. The van der Waals surface area contributed by atoms with Crippen LogP contribution in [0.1, 0.15) is 38.5 Å². The van der Waals surface area contributed by atoms with Crippen LogP contribution in [0.25, 0.3) is 0 Å². The monoisotopic (exact) mass is 432 g/mol. The SMILES string of the molecule is OCCOC1CC(C2CCCCC2)N=C2C(Br)=CC(Br)=CN21. The summed E-state index contributed by atoms with van der Waals surface area (Å²) in [5.41, 5.74) is 0. The molecule has 1 N–H and O–H groups in total. The Kier molecular flexibility index (Phi) is 5.76. The first-order valence-corrected chi connectivity index (χ1v) is 9.61. The summed E-state index contributed by atoms with van der Waals surface area (Å²) in [5.74, 6) is 1.62. The van der Waals surface area contributed by atoms with E-state index in [0.29, 0.717) is 18.6 Å². The summed E-state index contributed by atoms with van der Waals surface area (Å²) in [6, 6.07) is 0.321. The second kappa shape index (κ2) is 7.60. The third kappa shape index (κ3) is 3.66. The van der Waals surface area contributed by atoms with E-state index in [9.17, 15) is 0 Å². The van der Waals surface area contributed by atoms with Gasteiger partial charge in [-0.25, -0.2) is 0 Å². The van der Waals surface area contributed by atoms with Gasteiger partial charge in [-0.1, -0.05) is 19.3 Å². The highest BCUT2D eigenvalue weighted by Crippen LogP contribution is 2.37. The molecule has 0 bridgehead atoms. The maximum atomic E-state index is 9.09. The lowest BCUT2D eigenvalue weighted by atomic mass is 9.82. The van der Waals surface area contributed by atoms with Crippen LogP contribution in [0.3, 0.4) is 0 Å². The van der Waals surface area contributed by atoms with Gasteiger partial charge in [-0.15, -0.1) is 0 Å². The average Bonchev–Trinajstić information content (AvgIpc) is 2.53. The second-order valence-electron chi connectivity index (χ2n) is 6.12. The minimum absolute atomic E-state index is 0.0484. The minimum Gasteiger partial charge on any atom is -0.394 e. The number of amidine groups is 1. The number of aliphatic hydroxyl groups is 1. The fraction of sp³-hybridized carbons (Fsp3) is 0.688. The van der Waals surface area contributed by atoms with Crippen LogP contribution in [0.5, 0.6) is 0 Å². The minimum atomic E-state index is -0.0552. The Morgan fingerprint density at radius 1 is 1.27 bits per heavy atom. The fourth-order valence-corrected chi connectivity index (χ4v) is 4.88. The number of allylic oxidation sites excluding steroid dienone is 2. The molecule has 1 saturated carbocycles. The van der Waals surface area contributed by atoms with Crippen molar-refractivity contribution in [3.63, 3.8) is 0 Å². The molecule has 122 valence electrons. The number of halogens is 2. The Labute approximate surface area is 148 Å². The molecule has 2 heterocycles. The summed E-state index contributed by atoms with van der Waals surface area (Å²) in [5, 5.41) is 9.09. The summed E-state index contributed by atoms with van der Waals surface area (Å²) in [6.45, 7) is 0.408. The molecule has 3 rings (SSSR count). The van der Waals surface area contributed by atoms with Gasteiger partial charge in [0.15, 0.2) is 0 Å². The highest BCUT2D eigenvalue weighted by atomic mass is 79.9. The molecule has 0 aromatic carbocycles. The lowest BCUT2D eigenvalue weighted by Gasteiger charge is -2.41. The average molecular weight is 434 g/mol. The predicted octanol–water partition coefficient (Wildman–Crippen LogP) is 3.90. The molecule has 0 saturated heterocycles. The quantitative estimate of drug-likeness (QED) is 0.731. The Morgan fingerprint density at radius 2 is 2.05 bits per heavy atom. The number of fused-ring (bicyclic) bond motifs is 1. The van der Waals surface area contributed by atoms with Crippen molar-refractivity contribution in [3.05, 3.63) is 21.2 Å². The molecule has 0 amide bonds. The van der Waals surface area contributed by atoms with Crippen LogP contribution in [-0.2, 0) is 4.74 Å². The third-order valence-corrected chi connectivity index (χ3v) is 5.64. The molecule has 0 spiro atoms. The summed E-state index contributed by atoms with van der Waals surface area (Å²) in [6.07, 6.45) is 11.4. The van der Waals surface area contributed by atoms with Gasteiger partial charge >= 0.3 is 0 Å². The van der Waals surface area contributed by atoms with Crippen LogP contribution in [0.4, 0.5) is 0 Å². The number of hydrogen-bond donors (Lipinski definition) is 1. The third-order valence-electron chi connectivity index (χ3n) is 4.62. The molecule has 2 atom stereocenters. The van der Waals surface area contributed by atoms with Crippen molar-refractivity contribution in [3.8, 4) is 0 Å². The summed E-state index contributed by atoms with van der Waals surface area (Å²) < 4.78 is 7.88. The van der Waals surface area contributed by atoms with Crippen LogP contribution in [0.15, 0.2) is 26.2 Å². The van der Waals surface area contributed by atoms with Gasteiger partial charge in [0.1, 0.15) is 12.1 Å². The van der Waals surface area contributed by atoms with Gasteiger partial charge in [0.05, 0.1) is 23.7 Å². The lowest BCUT2D eigenvalue weighted by Crippen LogP contribution is -2.47. The van der Waals surface area contributed by atoms with Crippen molar-refractivity contribution in [1.82, 2.24) is 4.90 Å². The molecular weight excluding hydrogens is 412 g/mol. The van der Waals surface area contributed by atoms with Gasteiger partial charge in [0.2, 0.25) is 0 Å². The second-order valence-corrected chi connectivity index (χ2v) is 7.89. The molecule has 1 aliphatic carbocycles. The van der Waals surface area contributed by atoms with E-state index in [-0.39, 0.29) is 12.8 Å². The Balaban J connectivity index is 1.84. The van der Waals surface area contributed by atoms with E-state index < -0.39 is 0 Å². The van der Waals surface area contributed by atoms with Gasteiger partial charge in [-0.05, 0) is 56.7 Å². The van der Waals surface area contributed by atoms with Gasteiger partial charge in [0.25, 0.3) is 0 Å². The van der Waals surface area contributed by atoms with Gasteiger partial charge in [-0.2, -0.15) is 0 Å². The van der Waals surface area contributed by atoms with Crippen molar-refractivity contribution in [2.75, 3.05) is 13.2 Å². The first kappa shape index (κ1) is 16.7. The standard InChI is InChI=1S/C16H22Br2N2O2/c17-12-8-13(18)16-19-14(11-4-2-1-3-5-11)9-15(20(16)10-12)22-7-6-21/h8,10-11,14-15,21H,1-7,9H2. The molecule has 4 nitrogen and oxygen atoms in total. The normalized spacial score (nSPS) is 29.6. The predicted molar refractivity (Wildman–Crippen MR) is 95.1 cm³/mol. The number of aliphatic imine (C=N–C) groups is 1. The number of nitrogens with zero attached hydrogens (tertiary/aromatic N) is 2. The van der Waals surface area contributed by atoms with E-state index in [2.05, 4.69) is 36.8 Å². The van der Waals surface area contributed by atoms with Crippen LogP contribution in [0.2, 0.25) is 0 Å². The molecule has 2 aliphatic heterocycles. The van der Waals surface area contributed by atoms with Crippen LogP contribution >= 0.6 is 31.9 Å². The summed E-state index contributed by atoms with van der Waals surface area (Å²) in [4.78, 5) is 7.09. The smallest absolute Gasteiger partial charge is 0.144 e. The molecular formula is C16H22Br2N2O2. The van der Waals surface area contributed by atoms with E-state index in [4.69, 9.17) is 14.8 Å². The van der Waals surface area contributed by atoms with E-state index in [0.717, 1.165) is 21.2 Å². The highest BCUT2D eigenvalue weighted by Gasteiger charge is 2.36. The molecule has 3 aliphatic rings. The van der Waals surface area contributed by atoms with Crippen molar-refractivity contribution >= 4 is 37.7 Å². The zero-order valence-electron chi connectivity index (χ0n) is 12.5. The van der Waals surface area contributed by atoms with E-state index in [1.807, 2.05) is 12.3 Å². The van der Waals surface area contributed by atoms with E-state index in [1.54, 1.807) is 0 Å². The molecule has 1 fully saturated rings. The molecule has 6 heteroatoms. The fourth-order valence-electron chi connectivity index (χ4n) is 3.57. The Hall–Kier alpha value is -0.170. The Bertz CT molecular complexity index is 498. The number of aliphatic hydroxyl groups excluding tert-OH is 1. The van der Waals surface area contributed by atoms with Crippen molar-refractivity contribution in [1.29, 1.82) is 0 Å². The van der Waals surface area contributed by atoms with E-state index in [1.165, 1.54) is 32.1 Å². The molecule has 22 heavy (non-hydrogen) atoms. The van der Waals surface area contributed by atoms with Gasteiger partial charge < -0.3 is 14.7 Å². The van der Waals surface area contributed by atoms with Crippen LogP contribution < -0.4 is 0 Å². The molecule has 0 aromatic heterocycles. The number of hydrogen-bond acceptors (Lipinski definition) is 4. The summed E-state index contributed by atoms with van der Waals surface area (Å²) >= 11 is 7.16. The first-order valence-electron chi connectivity index (χ1n) is 8.02. The first-order chi connectivity index (χ1) is 10.7. The Morgan fingerprint density at radius 3 is 2.77 bits per heavy atom. The maximum absolute atomic E-state index is 9.09. The highest BCUT2D eigenvalue weighted by molar-refractivity contribution is 9.12. The molecule has 0 radical (unpaired) electrons. The zero-order valence-corrected chi connectivity index (χ0v) is 15.7. The van der Waals surface area contributed by atoms with Crippen molar-refractivity contribution in [2.24, 2.45) is 10.9 Å². The number of rotatable bonds is 4. The maximum Gasteiger partial charge on any atom is 0.144 e. The van der Waals surface area contributed by atoms with E-state index >= 15 is 0 Å². The largest absolute Gasteiger partial charge is 0.394 e. The van der Waals surface area contributed by atoms with Crippen molar-refractivity contribution < 1.29 is 9.84 Å². The molecule has 2 unspecified atom stereocenters. The van der Waals surface area contributed by atoms with Crippen LogP contribution in [0, 0.1) is 5.92 Å². The topological polar surface area (TPSA) is 45.1 Å². The van der Waals surface area contributed by atoms with Gasteiger partial charge in [0, 0.05) is 17.1 Å². The van der Waals surface area contributed by atoms with Crippen molar-refractivity contribution in [2.45, 2.75) is 50.8 Å². The zero-order chi connectivity index (χ0) is 15.5. The van der Waals surface area contributed by atoms with Crippen LogP contribution in [-0.4, -0.2) is 41.3 Å².